The third kappa shape index (κ3) is 4.27. The van der Waals surface area contributed by atoms with Crippen LogP contribution in [-0.2, 0) is 4.79 Å². The summed E-state index contributed by atoms with van der Waals surface area (Å²) in [6.07, 6.45) is 0.0989. The van der Waals surface area contributed by atoms with E-state index in [0.29, 0.717) is 28.4 Å². The van der Waals surface area contributed by atoms with E-state index in [0.717, 1.165) is 0 Å². The summed E-state index contributed by atoms with van der Waals surface area (Å²) in [5.41, 5.74) is 3.36. The molecule has 1 unspecified atom stereocenters. The van der Waals surface area contributed by atoms with Gasteiger partial charge in [-0.3, -0.25) is 4.79 Å². The molecule has 0 aliphatic heterocycles. The number of methoxy groups -OCH3 is 3. The van der Waals surface area contributed by atoms with Crippen LogP contribution >= 0.6 is 0 Å². The predicted molar refractivity (Wildman–Crippen MR) is 93.2 cm³/mol. The minimum atomic E-state index is -1.30. The van der Waals surface area contributed by atoms with E-state index in [2.05, 4.69) is 10.5 Å². The van der Waals surface area contributed by atoms with Gasteiger partial charge in [0.2, 0.25) is 5.75 Å². The molecular formula is C18H20N2O5. The maximum absolute atomic E-state index is 12.0. The molecule has 2 aromatic rings. The van der Waals surface area contributed by atoms with Gasteiger partial charge in [0.15, 0.2) is 17.6 Å². The third-order valence-electron chi connectivity index (χ3n) is 3.48. The summed E-state index contributed by atoms with van der Waals surface area (Å²) in [4.78, 5) is 12.0. The van der Waals surface area contributed by atoms with Crippen LogP contribution in [0, 0.1) is 0 Å². The first kappa shape index (κ1) is 18.3. The number of carbonyl (C=O) groups is 1. The van der Waals surface area contributed by atoms with Crippen LogP contribution < -0.4 is 19.6 Å². The summed E-state index contributed by atoms with van der Waals surface area (Å²) >= 11 is 0. The molecule has 0 spiro atoms. The second-order valence-corrected chi connectivity index (χ2v) is 4.97. The number of benzene rings is 2. The van der Waals surface area contributed by atoms with Gasteiger partial charge in [-0.25, -0.2) is 5.43 Å². The van der Waals surface area contributed by atoms with Gasteiger partial charge in [0, 0.05) is 5.56 Å². The van der Waals surface area contributed by atoms with Gasteiger partial charge in [-0.2, -0.15) is 5.10 Å². The molecule has 0 aromatic heterocycles. The number of aliphatic hydroxyl groups excluding tert-OH is 1. The highest BCUT2D eigenvalue weighted by atomic mass is 16.5. The number of hydrazone groups is 1. The number of ether oxygens (including phenoxy) is 3. The first-order chi connectivity index (χ1) is 12.1. The van der Waals surface area contributed by atoms with E-state index in [-0.39, 0.29) is 0 Å². The second-order valence-electron chi connectivity index (χ2n) is 4.97. The highest BCUT2D eigenvalue weighted by Crippen LogP contribution is 2.38. The van der Waals surface area contributed by atoms with Gasteiger partial charge in [0.1, 0.15) is 0 Å². The van der Waals surface area contributed by atoms with Crippen molar-refractivity contribution in [2.24, 2.45) is 5.10 Å². The molecule has 0 radical (unpaired) electrons. The Balaban J connectivity index is 2.13. The molecule has 1 amide bonds. The van der Waals surface area contributed by atoms with Gasteiger partial charge in [-0.1, -0.05) is 30.3 Å². The minimum Gasteiger partial charge on any atom is -0.493 e. The lowest BCUT2D eigenvalue weighted by Gasteiger charge is -2.13. The van der Waals surface area contributed by atoms with Crippen molar-refractivity contribution < 1.29 is 24.1 Å². The average Bonchev–Trinajstić information content (AvgIpc) is 2.67. The molecule has 7 nitrogen and oxygen atoms in total. The van der Waals surface area contributed by atoms with Crippen molar-refractivity contribution in [2.45, 2.75) is 6.10 Å². The molecule has 1 atom stereocenters. The maximum atomic E-state index is 12.0. The van der Waals surface area contributed by atoms with Crippen LogP contribution in [0.1, 0.15) is 17.2 Å². The zero-order valence-corrected chi connectivity index (χ0v) is 14.2. The number of hydrogen-bond donors (Lipinski definition) is 2. The fourth-order valence-corrected chi connectivity index (χ4v) is 2.24. The molecule has 0 saturated carbocycles. The fourth-order valence-electron chi connectivity index (χ4n) is 2.24. The van der Waals surface area contributed by atoms with E-state index in [1.165, 1.54) is 27.5 Å². The molecule has 0 aliphatic rings. The Bertz CT molecular complexity index is 747. The van der Waals surface area contributed by atoms with Gasteiger partial charge < -0.3 is 19.3 Å². The van der Waals surface area contributed by atoms with Crippen LogP contribution in [0.15, 0.2) is 47.6 Å². The highest BCUT2D eigenvalue weighted by molar-refractivity contribution is 5.88. The maximum Gasteiger partial charge on any atom is 0.273 e. The van der Waals surface area contributed by atoms with Gasteiger partial charge in [0.05, 0.1) is 27.5 Å². The number of nitrogens with zero attached hydrogens (tertiary/aromatic N) is 1. The van der Waals surface area contributed by atoms with Crippen LogP contribution in [0.25, 0.3) is 0 Å². The predicted octanol–water partition coefficient (Wildman–Crippen LogP) is 1.90. The first-order valence-electron chi connectivity index (χ1n) is 7.47. The Morgan fingerprint density at radius 3 is 2.32 bits per heavy atom. The number of amides is 1. The zero-order chi connectivity index (χ0) is 18.2. The van der Waals surface area contributed by atoms with E-state index in [4.69, 9.17) is 14.2 Å². The Hall–Kier alpha value is -3.06. The van der Waals surface area contributed by atoms with Crippen LogP contribution in [-0.4, -0.2) is 38.6 Å². The molecule has 0 fully saturated rings. The topological polar surface area (TPSA) is 89.4 Å². The number of hydrogen-bond acceptors (Lipinski definition) is 6. The van der Waals surface area contributed by atoms with Crippen LogP contribution in [0.3, 0.4) is 0 Å². The number of nitrogens with one attached hydrogen (secondary N) is 1. The summed E-state index contributed by atoms with van der Waals surface area (Å²) < 4.78 is 15.8. The molecule has 0 saturated heterocycles. The number of rotatable bonds is 7. The van der Waals surface area contributed by atoms with Crippen molar-refractivity contribution in [3.8, 4) is 17.2 Å². The molecule has 0 heterocycles. The molecule has 0 aliphatic carbocycles. The van der Waals surface area contributed by atoms with Crippen molar-refractivity contribution >= 4 is 12.1 Å². The van der Waals surface area contributed by atoms with Crippen LogP contribution in [0.2, 0.25) is 0 Å². The molecule has 2 rings (SSSR count). The van der Waals surface area contributed by atoms with E-state index in [9.17, 15) is 9.90 Å². The molecule has 2 N–H and O–H groups in total. The van der Waals surface area contributed by atoms with Gasteiger partial charge >= 0.3 is 0 Å². The lowest BCUT2D eigenvalue weighted by molar-refractivity contribution is -0.129. The zero-order valence-electron chi connectivity index (χ0n) is 14.2. The van der Waals surface area contributed by atoms with Crippen LogP contribution in [0.4, 0.5) is 0 Å². The Morgan fingerprint density at radius 1 is 1.04 bits per heavy atom. The van der Waals surface area contributed by atoms with Gasteiger partial charge in [-0.05, 0) is 17.7 Å². The minimum absolute atomic E-state index is 0.420. The van der Waals surface area contributed by atoms with Gasteiger partial charge in [0.25, 0.3) is 5.91 Å². The summed E-state index contributed by atoms with van der Waals surface area (Å²) in [6.45, 7) is 0. The fraction of sp³-hybridized carbons (Fsp3) is 0.222. The van der Waals surface area contributed by atoms with Gasteiger partial charge in [-0.15, -0.1) is 0 Å². The second kappa shape index (κ2) is 8.70. The van der Waals surface area contributed by atoms with Crippen molar-refractivity contribution in [3.05, 3.63) is 53.6 Å². The molecule has 7 heteroatoms. The van der Waals surface area contributed by atoms with Crippen molar-refractivity contribution in [1.82, 2.24) is 5.43 Å². The van der Waals surface area contributed by atoms with Crippen molar-refractivity contribution in [3.63, 3.8) is 0 Å². The molecule has 0 bridgehead atoms. The quantitative estimate of drug-likeness (QED) is 0.591. The smallest absolute Gasteiger partial charge is 0.273 e. The van der Waals surface area contributed by atoms with E-state index in [1.54, 1.807) is 42.5 Å². The van der Waals surface area contributed by atoms with Crippen LogP contribution in [0.5, 0.6) is 17.2 Å². The number of carbonyl (C=O) groups excluding carboxylic acids is 1. The molecule has 2 aromatic carbocycles. The summed E-state index contributed by atoms with van der Waals surface area (Å²) in [7, 11) is 4.52. The molecular weight excluding hydrogens is 324 g/mol. The summed E-state index contributed by atoms with van der Waals surface area (Å²) in [5.74, 6) is 0.718. The Labute approximate surface area is 145 Å². The number of aliphatic hydroxyl groups is 1. The van der Waals surface area contributed by atoms with Crippen molar-refractivity contribution in [2.75, 3.05) is 21.3 Å². The SMILES string of the molecule is COc1ccc(C=NNC(=O)C(O)c2ccccc2)c(OC)c1OC. The normalized spacial score (nSPS) is 11.8. The molecule has 25 heavy (non-hydrogen) atoms. The van der Waals surface area contributed by atoms with E-state index in [1.807, 2.05) is 0 Å². The lowest BCUT2D eigenvalue weighted by Crippen LogP contribution is -2.25. The Morgan fingerprint density at radius 2 is 1.72 bits per heavy atom. The molecule has 132 valence electrons. The summed E-state index contributed by atoms with van der Waals surface area (Å²) in [5, 5.41) is 13.9. The van der Waals surface area contributed by atoms with E-state index >= 15 is 0 Å². The Kier molecular flexibility index (Phi) is 6.36. The summed E-state index contributed by atoms with van der Waals surface area (Å²) in [6, 6.07) is 12.0. The lowest BCUT2D eigenvalue weighted by atomic mass is 10.1. The first-order valence-corrected chi connectivity index (χ1v) is 7.47. The third-order valence-corrected chi connectivity index (χ3v) is 3.48. The van der Waals surface area contributed by atoms with E-state index < -0.39 is 12.0 Å². The monoisotopic (exact) mass is 344 g/mol. The largest absolute Gasteiger partial charge is 0.493 e. The standard InChI is InChI=1S/C18H20N2O5/c1-23-14-10-9-13(16(24-2)17(14)25-3)11-19-20-18(22)15(21)12-7-5-4-6-8-12/h4-11,15,21H,1-3H3,(H,20,22). The van der Waals surface area contributed by atoms with Crippen molar-refractivity contribution in [1.29, 1.82) is 0 Å². The average molecular weight is 344 g/mol. The highest BCUT2D eigenvalue weighted by Gasteiger charge is 2.17.